The molecule has 2 rings (SSSR count). The lowest BCUT2D eigenvalue weighted by Crippen LogP contribution is -2.32. The molecule has 106 valence electrons. The van der Waals surface area contributed by atoms with Crippen LogP contribution in [0.5, 0.6) is 0 Å². The lowest BCUT2D eigenvalue weighted by Gasteiger charge is -2.14. The molecule has 0 aromatic carbocycles. The maximum atomic E-state index is 11.8. The minimum atomic E-state index is -0.522. The van der Waals surface area contributed by atoms with Gasteiger partial charge in [-0.1, -0.05) is 0 Å². The van der Waals surface area contributed by atoms with Gasteiger partial charge in [0.25, 0.3) is 0 Å². The van der Waals surface area contributed by atoms with Crippen molar-refractivity contribution in [2.24, 2.45) is 7.05 Å². The van der Waals surface area contributed by atoms with E-state index in [0.717, 1.165) is 0 Å². The number of hydrogen-bond acceptors (Lipinski definition) is 5. The van der Waals surface area contributed by atoms with Crippen molar-refractivity contribution < 1.29 is 14.6 Å². The number of nitrogens with one attached hydrogen (secondary N) is 1. The largest absolute Gasteiger partial charge is 0.389 e. The molecule has 1 aromatic rings. The topological polar surface area (TPSA) is 79.6 Å². The summed E-state index contributed by atoms with van der Waals surface area (Å²) < 4.78 is 7.04. The maximum absolute atomic E-state index is 11.8. The highest BCUT2D eigenvalue weighted by atomic mass is 16.5. The van der Waals surface area contributed by atoms with Crippen molar-refractivity contribution in [3.05, 3.63) is 12.4 Å². The normalized spacial score (nSPS) is 23.7. The van der Waals surface area contributed by atoms with Crippen LogP contribution in [0.1, 0.15) is 6.92 Å². The second-order valence-electron chi connectivity index (χ2n) is 4.71. The highest BCUT2D eigenvalue weighted by molar-refractivity contribution is 5.91. The molecule has 1 amide bonds. The quantitative estimate of drug-likeness (QED) is 0.748. The summed E-state index contributed by atoms with van der Waals surface area (Å²) in [5.41, 5.74) is 0.675. The van der Waals surface area contributed by atoms with Gasteiger partial charge in [-0.25, -0.2) is 0 Å². The Morgan fingerprint density at radius 2 is 2.42 bits per heavy atom. The van der Waals surface area contributed by atoms with Crippen LogP contribution in [0.25, 0.3) is 0 Å². The summed E-state index contributed by atoms with van der Waals surface area (Å²) >= 11 is 0. The number of ether oxygens (including phenoxy) is 1. The van der Waals surface area contributed by atoms with E-state index in [0.29, 0.717) is 25.4 Å². The Hall–Kier alpha value is -1.44. The summed E-state index contributed by atoms with van der Waals surface area (Å²) in [5.74, 6) is -0.114. The van der Waals surface area contributed by atoms with Crippen molar-refractivity contribution in [1.82, 2.24) is 14.7 Å². The van der Waals surface area contributed by atoms with Gasteiger partial charge in [0.2, 0.25) is 5.91 Å². The van der Waals surface area contributed by atoms with E-state index in [1.807, 2.05) is 11.8 Å². The number of likely N-dealkylation sites (tertiary alicyclic amines) is 1. The fraction of sp³-hybridized carbons (Fsp3) is 0.667. The SMILES string of the molecule is CCO[C@@H]1CN(CC(=O)Nc2cnn(C)c2)C[C@H]1O. The summed E-state index contributed by atoms with van der Waals surface area (Å²) in [6.45, 7) is 3.75. The first-order chi connectivity index (χ1) is 9.08. The molecule has 1 aliphatic rings. The summed E-state index contributed by atoms with van der Waals surface area (Å²) in [6.07, 6.45) is 2.61. The summed E-state index contributed by atoms with van der Waals surface area (Å²) in [6, 6.07) is 0. The number of aromatic nitrogens is 2. The second kappa shape index (κ2) is 6.14. The number of nitrogens with zero attached hydrogens (tertiary/aromatic N) is 3. The van der Waals surface area contributed by atoms with Crippen LogP contribution in [0.4, 0.5) is 5.69 Å². The Morgan fingerprint density at radius 1 is 1.63 bits per heavy atom. The predicted molar refractivity (Wildman–Crippen MR) is 69.7 cm³/mol. The molecule has 1 fully saturated rings. The number of aliphatic hydroxyl groups is 1. The molecule has 2 heterocycles. The molecule has 0 spiro atoms. The van der Waals surface area contributed by atoms with Crippen molar-refractivity contribution in [1.29, 1.82) is 0 Å². The van der Waals surface area contributed by atoms with E-state index in [9.17, 15) is 9.90 Å². The third kappa shape index (κ3) is 3.76. The van der Waals surface area contributed by atoms with Gasteiger partial charge in [-0.3, -0.25) is 14.4 Å². The van der Waals surface area contributed by atoms with Crippen molar-refractivity contribution in [3.63, 3.8) is 0 Å². The van der Waals surface area contributed by atoms with Crippen LogP contribution < -0.4 is 5.32 Å². The number of carbonyl (C=O) groups is 1. The molecule has 19 heavy (non-hydrogen) atoms. The molecule has 2 N–H and O–H groups in total. The van der Waals surface area contributed by atoms with E-state index in [1.54, 1.807) is 24.1 Å². The molecule has 1 aromatic heterocycles. The molecule has 0 saturated carbocycles. The zero-order valence-corrected chi connectivity index (χ0v) is 11.2. The molecule has 2 atom stereocenters. The van der Waals surface area contributed by atoms with Gasteiger partial charge in [-0.15, -0.1) is 0 Å². The van der Waals surface area contributed by atoms with Gasteiger partial charge in [0, 0.05) is 32.9 Å². The Bertz CT molecular complexity index is 434. The van der Waals surface area contributed by atoms with Crippen LogP contribution in [0.2, 0.25) is 0 Å². The highest BCUT2D eigenvalue weighted by Gasteiger charge is 2.32. The lowest BCUT2D eigenvalue weighted by molar-refractivity contribution is -0.117. The minimum Gasteiger partial charge on any atom is -0.389 e. The molecule has 0 bridgehead atoms. The Morgan fingerprint density at radius 3 is 3.05 bits per heavy atom. The van der Waals surface area contributed by atoms with E-state index >= 15 is 0 Å². The summed E-state index contributed by atoms with van der Waals surface area (Å²) in [7, 11) is 1.79. The van der Waals surface area contributed by atoms with E-state index in [4.69, 9.17) is 4.74 Å². The van der Waals surface area contributed by atoms with E-state index in [2.05, 4.69) is 10.4 Å². The molecule has 7 heteroatoms. The zero-order valence-electron chi connectivity index (χ0n) is 11.2. The molecule has 7 nitrogen and oxygen atoms in total. The molecular formula is C12H20N4O3. The Labute approximate surface area is 112 Å². The van der Waals surface area contributed by atoms with Crippen LogP contribution in [0, 0.1) is 0 Å². The smallest absolute Gasteiger partial charge is 0.238 e. The molecule has 1 aliphatic heterocycles. The average Bonchev–Trinajstić information content (AvgIpc) is 2.87. The summed E-state index contributed by atoms with van der Waals surface area (Å²) in [4.78, 5) is 13.7. The van der Waals surface area contributed by atoms with Gasteiger partial charge < -0.3 is 15.2 Å². The van der Waals surface area contributed by atoms with Crippen molar-refractivity contribution in [3.8, 4) is 0 Å². The van der Waals surface area contributed by atoms with Crippen LogP contribution in [-0.2, 0) is 16.6 Å². The number of aliphatic hydroxyl groups excluding tert-OH is 1. The number of β-amino-alcohol motifs (C(OH)–C–C–N with tert-alkyl or cyclic N) is 1. The predicted octanol–water partition coefficient (Wildman–Crippen LogP) is -0.560. The van der Waals surface area contributed by atoms with Crippen molar-refractivity contribution >= 4 is 11.6 Å². The molecular weight excluding hydrogens is 248 g/mol. The molecule has 0 unspecified atom stereocenters. The van der Waals surface area contributed by atoms with Crippen LogP contribution in [-0.4, -0.2) is 64.1 Å². The number of rotatable bonds is 5. The molecule has 0 aliphatic carbocycles. The average molecular weight is 268 g/mol. The third-order valence-electron chi connectivity index (χ3n) is 3.05. The standard InChI is InChI=1S/C12H20N4O3/c1-3-19-11-7-16(6-10(11)17)8-12(18)14-9-4-13-15(2)5-9/h4-5,10-11,17H,3,6-8H2,1-2H3,(H,14,18)/t10-,11-/m1/s1. The Kier molecular flexibility index (Phi) is 4.52. The first kappa shape index (κ1) is 14.0. The van der Waals surface area contributed by atoms with E-state index in [-0.39, 0.29) is 18.6 Å². The number of aryl methyl sites for hydroxylation is 1. The van der Waals surface area contributed by atoms with Gasteiger partial charge in [-0.05, 0) is 6.92 Å². The number of carbonyl (C=O) groups excluding carboxylic acids is 1. The second-order valence-corrected chi connectivity index (χ2v) is 4.71. The van der Waals surface area contributed by atoms with Crippen molar-refractivity contribution in [2.45, 2.75) is 19.1 Å². The maximum Gasteiger partial charge on any atom is 0.238 e. The van der Waals surface area contributed by atoms with Gasteiger partial charge >= 0.3 is 0 Å². The van der Waals surface area contributed by atoms with Crippen LogP contribution >= 0.6 is 0 Å². The van der Waals surface area contributed by atoms with Crippen LogP contribution in [0.15, 0.2) is 12.4 Å². The van der Waals surface area contributed by atoms with Gasteiger partial charge in [0.05, 0.1) is 30.6 Å². The molecule has 1 saturated heterocycles. The lowest BCUT2D eigenvalue weighted by atomic mass is 10.3. The van der Waals surface area contributed by atoms with Gasteiger partial charge in [0.15, 0.2) is 0 Å². The molecule has 0 radical (unpaired) electrons. The van der Waals surface area contributed by atoms with E-state index < -0.39 is 6.10 Å². The van der Waals surface area contributed by atoms with Crippen LogP contribution in [0.3, 0.4) is 0 Å². The summed E-state index contributed by atoms with van der Waals surface area (Å²) in [5, 5.41) is 16.5. The third-order valence-corrected chi connectivity index (χ3v) is 3.05. The Balaban J connectivity index is 1.80. The van der Waals surface area contributed by atoms with Gasteiger partial charge in [0.1, 0.15) is 0 Å². The number of anilines is 1. The fourth-order valence-electron chi connectivity index (χ4n) is 2.23. The first-order valence-electron chi connectivity index (χ1n) is 6.39. The van der Waals surface area contributed by atoms with E-state index in [1.165, 1.54) is 0 Å². The zero-order chi connectivity index (χ0) is 13.8. The minimum absolute atomic E-state index is 0.114. The number of amides is 1. The fourth-order valence-corrected chi connectivity index (χ4v) is 2.23. The highest BCUT2D eigenvalue weighted by Crippen LogP contribution is 2.13. The van der Waals surface area contributed by atoms with Crippen molar-refractivity contribution in [2.75, 3.05) is 31.6 Å². The van der Waals surface area contributed by atoms with Gasteiger partial charge in [-0.2, -0.15) is 5.10 Å². The number of hydrogen-bond donors (Lipinski definition) is 2. The monoisotopic (exact) mass is 268 g/mol. The first-order valence-corrected chi connectivity index (χ1v) is 6.39.